The van der Waals surface area contributed by atoms with Crippen LogP contribution in [0.1, 0.15) is 38.5 Å². The summed E-state index contributed by atoms with van der Waals surface area (Å²) in [5, 5.41) is 2.99. The summed E-state index contributed by atoms with van der Waals surface area (Å²) in [6.45, 7) is 2.77. The van der Waals surface area contributed by atoms with Crippen molar-refractivity contribution in [2.75, 3.05) is 26.3 Å². The Hall–Kier alpha value is -0.850. The molecule has 0 radical (unpaired) electrons. The maximum Gasteiger partial charge on any atom is 0.245 e. The SMILES string of the molecule is Cl.NC[C@H]1CCC[C@H]1C(=O)NC1CCN(C2CCOCC2)C1=O. The van der Waals surface area contributed by atoms with E-state index in [0.717, 1.165) is 58.3 Å². The molecule has 2 amide bonds. The molecule has 132 valence electrons. The highest BCUT2D eigenvalue weighted by molar-refractivity contribution is 5.90. The minimum Gasteiger partial charge on any atom is -0.381 e. The summed E-state index contributed by atoms with van der Waals surface area (Å²) in [6, 6.07) is -0.0548. The molecular formula is C16H28ClN3O3. The molecule has 3 atom stereocenters. The number of carbonyl (C=O) groups is 2. The van der Waals surface area contributed by atoms with Crippen LogP contribution in [0.15, 0.2) is 0 Å². The van der Waals surface area contributed by atoms with Crippen molar-refractivity contribution >= 4 is 24.2 Å². The summed E-state index contributed by atoms with van der Waals surface area (Å²) >= 11 is 0. The van der Waals surface area contributed by atoms with Gasteiger partial charge in [-0.2, -0.15) is 0 Å². The molecule has 1 aliphatic carbocycles. The Morgan fingerprint density at radius 1 is 1.22 bits per heavy atom. The van der Waals surface area contributed by atoms with E-state index in [1.54, 1.807) is 0 Å². The van der Waals surface area contributed by atoms with Crippen LogP contribution in [0.4, 0.5) is 0 Å². The van der Waals surface area contributed by atoms with Crippen molar-refractivity contribution in [2.45, 2.75) is 50.6 Å². The van der Waals surface area contributed by atoms with E-state index in [1.807, 2.05) is 4.90 Å². The lowest BCUT2D eigenvalue weighted by Crippen LogP contribution is -2.48. The minimum absolute atomic E-state index is 0. The lowest BCUT2D eigenvalue weighted by molar-refractivity contribution is -0.136. The largest absolute Gasteiger partial charge is 0.381 e. The van der Waals surface area contributed by atoms with E-state index in [2.05, 4.69) is 5.32 Å². The Kier molecular flexibility index (Phi) is 6.68. The first-order valence-electron chi connectivity index (χ1n) is 8.59. The molecule has 2 saturated heterocycles. The van der Waals surface area contributed by atoms with E-state index in [0.29, 0.717) is 6.54 Å². The van der Waals surface area contributed by atoms with Crippen molar-refractivity contribution in [1.29, 1.82) is 0 Å². The number of hydrogen-bond donors (Lipinski definition) is 2. The number of amides is 2. The van der Waals surface area contributed by atoms with Crippen molar-refractivity contribution < 1.29 is 14.3 Å². The molecular weight excluding hydrogens is 318 g/mol. The van der Waals surface area contributed by atoms with Gasteiger partial charge in [-0.15, -0.1) is 12.4 Å². The molecule has 0 aromatic heterocycles. The molecule has 1 unspecified atom stereocenters. The zero-order valence-electron chi connectivity index (χ0n) is 13.5. The number of rotatable bonds is 4. The highest BCUT2D eigenvalue weighted by atomic mass is 35.5. The normalized spacial score (nSPS) is 32.0. The second-order valence-corrected chi connectivity index (χ2v) is 6.76. The van der Waals surface area contributed by atoms with Crippen LogP contribution in [0.2, 0.25) is 0 Å². The van der Waals surface area contributed by atoms with E-state index in [1.165, 1.54) is 0 Å². The molecule has 0 aromatic rings. The van der Waals surface area contributed by atoms with Crippen LogP contribution in [-0.4, -0.2) is 55.1 Å². The third-order valence-electron chi connectivity index (χ3n) is 5.49. The third kappa shape index (κ3) is 3.98. The van der Waals surface area contributed by atoms with Gasteiger partial charge in [0.25, 0.3) is 0 Å². The molecule has 3 aliphatic rings. The quantitative estimate of drug-likeness (QED) is 0.784. The Bertz CT molecular complexity index is 429. The van der Waals surface area contributed by atoms with Gasteiger partial charge in [0, 0.05) is 31.7 Å². The van der Waals surface area contributed by atoms with Crippen LogP contribution >= 0.6 is 12.4 Å². The second kappa shape index (κ2) is 8.31. The Balaban J connectivity index is 0.00000192. The maximum atomic E-state index is 12.6. The summed E-state index contributed by atoms with van der Waals surface area (Å²) in [6.07, 6.45) is 5.53. The summed E-state index contributed by atoms with van der Waals surface area (Å²) < 4.78 is 5.36. The molecule has 2 heterocycles. The molecule has 0 aromatic carbocycles. The van der Waals surface area contributed by atoms with Gasteiger partial charge in [0.2, 0.25) is 11.8 Å². The highest BCUT2D eigenvalue weighted by Gasteiger charge is 2.39. The topological polar surface area (TPSA) is 84.7 Å². The van der Waals surface area contributed by atoms with Crippen molar-refractivity contribution in [3.05, 3.63) is 0 Å². The fraction of sp³-hybridized carbons (Fsp3) is 0.875. The Morgan fingerprint density at radius 3 is 2.65 bits per heavy atom. The van der Waals surface area contributed by atoms with E-state index in [4.69, 9.17) is 10.5 Å². The number of likely N-dealkylation sites (tertiary alicyclic amines) is 1. The number of nitrogens with two attached hydrogens (primary N) is 1. The molecule has 1 saturated carbocycles. The van der Waals surface area contributed by atoms with Gasteiger partial charge in [-0.05, 0) is 44.6 Å². The average molecular weight is 346 g/mol. The Morgan fingerprint density at radius 2 is 1.96 bits per heavy atom. The van der Waals surface area contributed by atoms with Crippen molar-refractivity contribution in [2.24, 2.45) is 17.6 Å². The molecule has 0 bridgehead atoms. The summed E-state index contributed by atoms with van der Waals surface area (Å²) in [5.41, 5.74) is 5.75. The summed E-state index contributed by atoms with van der Waals surface area (Å²) in [7, 11) is 0. The first-order valence-corrected chi connectivity index (χ1v) is 8.59. The summed E-state index contributed by atoms with van der Waals surface area (Å²) in [4.78, 5) is 26.9. The molecule has 7 heteroatoms. The van der Waals surface area contributed by atoms with Gasteiger partial charge in [0.1, 0.15) is 6.04 Å². The maximum absolute atomic E-state index is 12.6. The zero-order chi connectivity index (χ0) is 15.5. The molecule has 23 heavy (non-hydrogen) atoms. The van der Waals surface area contributed by atoms with Crippen molar-refractivity contribution in [1.82, 2.24) is 10.2 Å². The average Bonchev–Trinajstić information content (AvgIpc) is 3.15. The molecule has 2 aliphatic heterocycles. The fourth-order valence-corrected chi connectivity index (χ4v) is 4.14. The van der Waals surface area contributed by atoms with Crippen LogP contribution in [-0.2, 0) is 14.3 Å². The van der Waals surface area contributed by atoms with Gasteiger partial charge in [-0.25, -0.2) is 0 Å². The van der Waals surface area contributed by atoms with Gasteiger partial charge < -0.3 is 20.7 Å². The Labute approximate surface area is 143 Å². The van der Waals surface area contributed by atoms with E-state index < -0.39 is 0 Å². The van der Waals surface area contributed by atoms with Gasteiger partial charge in [-0.1, -0.05) is 6.42 Å². The van der Waals surface area contributed by atoms with Crippen LogP contribution in [0.3, 0.4) is 0 Å². The van der Waals surface area contributed by atoms with E-state index in [-0.39, 0.29) is 48.1 Å². The highest BCUT2D eigenvalue weighted by Crippen LogP contribution is 2.31. The second-order valence-electron chi connectivity index (χ2n) is 6.76. The lowest BCUT2D eigenvalue weighted by atomic mass is 9.95. The molecule has 6 nitrogen and oxygen atoms in total. The van der Waals surface area contributed by atoms with Gasteiger partial charge in [0.15, 0.2) is 0 Å². The molecule has 3 fully saturated rings. The minimum atomic E-state index is -0.339. The lowest BCUT2D eigenvalue weighted by Gasteiger charge is -2.31. The summed E-state index contributed by atoms with van der Waals surface area (Å²) in [5.74, 6) is 0.390. The van der Waals surface area contributed by atoms with Gasteiger partial charge in [-0.3, -0.25) is 9.59 Å². The van der Waals surface area contributed by atoms with Crippen molar-refractivity contribution in [3.63, 3.8) is 0 Å². The first-order chi connectivity index (χ1) is 10.7. The van der Waals surface area contributed by atoms with E-state index >= 15 is 0 Å². The smallest absolute Gasteiger partial charge is 0.245 e. The van der Waals surface area contributed by atoms with E-state index in [9.17, 15) is 9.59 Å². The molecule has 3 rings (SSSR count). The monoisotopic (exact) mass is 345 g/mol. The van der Waals surface area contributed by atoms with Crippen LogP contribution in [0, 0.1) is 11.8 Å². The number of halogens is 1. The number of ether oxygens (including phenoxy) is 1. The van der Waals surface area contributed by atoms with Crippen molar-refractivity contribution in [3.8, 4) is 0 Å². The fourth-order valence-electron chi connectivity index (χ4n) is 4.14. The number of hydrogen-bond acceptors (Lipinski definition) is 4. The van der Waals surface area contributed by atoms with Crippen LogP contribution in [0.25, 0.3) is 0 Å². The number of carbonyl (C=O) groups excluding carboxylic acids is 2. The molecule has 0 spiro atoms. The van der Waals surface area contributed by atoms with Crippen LogP contribution in [0.5, 0.6) is 0 Å². The molecule has 3 N–H and O–H groups in total. The number of nitrogens with zero attached hydrogens (tertiary/aromatic N) is 1. The van der Waals surface area contributed by atoms with Crippen LogP contribution < -0.4 is 11.1 Å². The third-order valence-corrected chi connectivity index (χ3v) is 5.49. The number of nitrogens with one attached hydrogen (secondary N) is 1. The van der Waals surface area contributed by atoms with Gasteiger partial charge >= 0.3 is 0 Å². The zero-order valence-corrected chi connectivity index (χ0v) is 14.4. The predicted octanol–water partition coefficient (Wildman–Crippen LogP) is 0.679. The standard InChI is InChI=1S/C16H27N3O3.ClH/c17-10-11-2-1-3-13(11)15(20)18-14-4-7-19(16(14)21)12-5-8-22-9-6-12;/h11-14H,1-10,17H2,(H,18,20);1H/t11-,13-,14?;/m1./s1. The predicted molar refractivity (Wildman–Crippen MR) is 89.2 cm³/mol. The first kappa shape index (κ1) is 18.5. The van der Waals surface area contributed by atoms with Gasteiger partial charge in [0.05, 0.1) is 0 Å².